The molecule has 16 heavy (non-hydrogen) atoms. The lowest BCUT2D eigenvalue weighted by atomic mass is 9.73. The Kier molecular flexibility index (Phi) is 4.26. The molecule has 2 rings (SSSR count). The Morgan fingerprint density at radius 1 is 1.19 bits per heavy atom. The van der Waals surface area contributed by atoms with Crippen LogP contribution < -0.4 is 5.73 Å². The third kappa shape index (κ3) is 2.98. The van der Waals surface area contributed by atoms with Gasteiger partial charge in [0.2, 0.25) is 0 Å². The van der Waals surface area contributed by atoms with E-state index in [1.54, 1.807) is 0 Å². The molecule has 2 aliphatic rings. The second kappa shape index (κ2) is 5.50. The molecule has 0 amide bonds. The number of likely N-dealkylation sites (tertiary alicyclic amines) is 1. The first-order valence-corrected chi connectivity index (χ1v) is 7.16. The van der Waals surface area contributed by atoms with E-state index < -0.39 is 0 Å². The zero-order valence-electron chi connectivity index (χ0n) is 10.9. The van der Waals surface area contributed by atoms with Crippen LogP contribution in [0.2, 0.25) is 0 Å². The van der Waals surface area contributed by atoms with Crippen molar-refractivity contribution in [2.45, 2.75) is 51.9 Å². The highest BCUT2D eigenvalue weighted by Crippen LogP contribution is 2.36. The van der Waals surface area contributed by atoms with E-state index in [-0.39, 0.29) is 0 Å². The Bertz CT molecular complexity index is 209. The Morgan fingerprint density at radius 3 is 2.56 bits per heavy atom. The summed E-state index contributed by atoms with van der Waals surface area (Å²) in [5.74, 6) is 0.896. The van der Waals surface area contributed by atoms with Crippen LogP contribution in [0, 0.1) is 11.3 Å². The van der Waals surface area contributed by atoms with Gasteiger partial charge in [0.05, 0.1) is 0 Å². The van der Waals surface area contributed by atoms with Gasteiger partial charge in [0, 0.05) is 13.1 Å². The van der Waals surface area contributed by atoms with Crippen LogP contribution in [0.5, 0.6) is 0 Å². The van der Waals surface area contributed by atoms with Gasteiger partial charge in [-0.3, -0.25) is 0 Å². The van der Waals surface area contributed by atoms with Gasteiger partial charge in [0.15, 0.2) is 0 Å². The van der Waals surface area contributed by atoms with Crippen LogP contribution in [0.15, 0.2) is 0 Å². The van der Waals surface area contributed by atoms with Crippen LogP contribution in [0.3, 0.4) is 0 Å². The first-order valence-electron chi connectivity index (χ1n) is 7.16. The molecule has 1 heterocycles. The van der Waals surface area contributed by atoms with Gasteiger partial charge in [-0.15, -0.1) is 0 Å². The Hall–Kier alpha value is -0.0800. The highest BCUT2D eigenvalue weighted by atomic mass is 15.1. The predicted molar refractivity (Wildman–Crippen MR) is 69.4 cm³/mol. The fourth-order valence-electron chi connectivity index (χ4n) is 3.63. The summed E-state index contributed by atoms with van der Waals surface area (Å²) >= 11 is 0. The normalized spacial score (nSPS) is 31.5. The molecule has 1 atom stereocenters. The molecule has 0 spiro atoms. The van der Waals surface area contributed by atoms with Crippen molar-refractivity contribution in [3.63, 3.8) is 0 Å². The van der Waals surface area contributed by atoms with Gasteiger partial charge < -0.3 is 10.6 Å². The van der Waals surface area contributed by atoms with Gasteiger partial charge in [0.25, 0.3) is 0 Å². The fourth-order valence-corrected chi connectivity index (χ4v) is 3.63. The summed E-state index contributed by atoms with van der Waals surface area (Å²) in [4.78, 5) is 2.69. The van der Waals surface area contributed by atoms with Crippen molar-refractivity contribution in [1.82, 2.24) is 4.90 Å². The van der Waals surface area contributed by atoms with E-state index >= 15 is 0 Å². The van der Waals surface area contributed by atoms with Crippen molar-refractivity contribution in [1.29, 1.82) is 0 Å². The fraction of sp³-hybridized carbons (Fsp3) is 1.00. The van der Waals surface area contributed by atoms with Gasteiger partial charge in [-0.2, -0.15) is 0 Å². The van der Waals surface area contributed by atoms with E-state index in [1.807, 2.05) is 0 Å². The summed E-state index contributed by atoms with van der Waals surface area (Å²) in [6.07, 6.45) is 9.79. The van der Waals surface area contributed by atoms with Crippen molar-refractivity contribution in [3.05, 3.63) is 0 Å². The molecule has 2 heteroatoms. The monoisotopic (exact) mass is 224 g/mol. The molecule has 2 N–H and O–H groups in total. The molecule has 1 unspecified atom stereocenters. The van der Waals surface area contributed by atoms with Gasteiger partial charge in [-0.1, -0.05) is 26.2 Å². The number of hydrogen-bond acceptors (Lipinski definition) is 2. The first-order chi connectivity index (χ1) is 7.74. The summed E-state index contributed by atoms with van der Waals surface area (Å²) in [6.45, 7) is 7.18. The zero-order valence-corrected chi connectivity index (χ0v) is 10.9. The van der Waals surface area contributed by atoms with E-state index in [9.17, 15) is 0 Å². The van der Waals surface area contributed by atoms with E-state index in [4.69, 9.17) is 5.73 Å². The molecule has 0 aromatic heterocycles. The number of nitrogens with zero attached hydrogens (tertiary/aromatic N) is 1. The third-order valence-electron chi connectivity index (χ3n) is 4.65. The van der Waals surface area contributed by atoms with Crippen molar-refractivity contribution in [2.75, 3.05) is 26.2 Å². The second-order valence-corrected chi connectivity index (χ2v) is 6.25. The molecule has 0 aromatic carbocycles. The highest BCUT2D eigenvalue weighted by Gasteiger charge is 2.33. The molecular weight excluding hydrogens is 196 g/mol. The van der Waals surface area contributed by atoms with Crippen LogP contribution in [-0.2, 0) is 0 Å². The molecule has 2 fully saturated rings. The van der Waals surface area contributed by atoms with Gasteiger partial charge in [-0.25, -0.2) is 0 Å². The highest BCUT2D eigenvalue weighted by molar-refractivity contribution is 4.88. The van der Waals surface area contributed by atoms with E-state index in [0.717, 1.165) is 12.5 Å². The molecule has 0 aromatic rings. The molecule has 1 aliphatic heterocycles. The first kappa shape index (κ1) is 12.4. The number of piperidine rings is 1. The van der Waals surface area contributed by atoms with Crippen LogP contribution in [0.4, 0.5) is 0 Å². The number of hydrogen-bond donors (Lipinski definition) is 1. The topological polar surface area (TPSA) is 29.3 Å². The maximum Gasteiger partial charge on any atom is 0.00502 e. The molecule has 94 valence electrons. The maximum atomic E-state index is 6.06. The zero-order chi connectivity index (χ0) is 11.4. The van der Waals surface area contributed by atoms with Crippen LogP contribution in [0.1, 0.15) is 51.9 Å². The van der Waals surface area contributed by atoms with E-state index in [2.05, 4.69) is 11.8 Å². The van der Waals surface area contributed by atoms with Crippen LogP contribution in [-0.4, -0.2) is 31.1 Å². The molecule has 0 bridgehead atoms. The minimum absolute atomic E-state index is 0.468. The summed E-state index contributed by atoms with van der Waals surface area (Å²) in [7, 11) is 0. The van der Waals surface area contributed by atoms with Crippen molar-refractivity contribution >= 4 is 0 Å². The molecule has 1 aliphatic carbocycles. The largest absolute Gasteiger partial charge is 0.330 e. The number of nitrogens with two attached hydrogens (primary N) is 1. The number of rotatable bonds is 3. The van der Waals surface area contributed by atoms with Crippen molar-refractivity contribution in [3.8, 4) is 0 Å². The summed E-state index contributed by atoms with van der Waals surface area (Å²) in [6, 6.07) is 0. The Labute approximate surface area is 101 Å². The standard InChI is InChI=1S/C14H28N2/c1-13-6-5-9-16(10-13)12-14(11-15)7-3-2-4-8-14/h13H,2-12,15H2,1H3. The summed E-state index contributed by atoms with van der Waals surface area (Å²) < 4.78 is 0. The van der Waals surface area contributed by atoms with E-state index in [1.165, 1.54) is 64.6 Å². The predicted octanol–water partition coefficient (Wildman–Crippen LogP) is 2.63. The quantitative estimate of drug-likeness (QED) is 0.798. The smallest absolute Gasteiger partial charge is 0.00502 e. The third-order valence-corrected chi connectivity index (χ3v) is 4.65. The summed E-state index contributed by atoms with van der Waals surface area (Å²) in [5.41, 5.74) is 6.53. The average molecular weight is 224 g/mol. The minimum atomic E-state index is 0.468. The lowest BCUT2D eigenvalue weighted by Crippen LogP contribution is -2.46. The molecule has 1 saturated heterocycles. The maximum absolute atomic E-state index is 6.06. The van der Waals surface area contributed by atoms with Gasteiger partial charge >= 0.3 is 0 Å². The lowest BCUT2D eigenvalue weighted by molar-refractivity contribution is 0.0824. The SMILES string of the molecule is CC1CCCN(CC2(CN)CCCCC2)C1. The van der Waals surface area contributed by atoms with Gasteiger partial charge in [0.1, 0.15) is 0 Å². The van der Waals surface area contributed by atoms with Crippen molar-refractivity contribution < 1.29 is 0 Å². The minimum Gasteiger partial charge on any atom is -0.330 e. The lowest BCUT2D eigenvalue weighted by Gasteiger charge is -2.42. The molecule has 0 radical (unpaired) electrons. The Balaban J connectivity index is 1.89. The molecular formula is C14H28N2. The molecule has 2 nitrogen and oxygen atoms in total. The van der Waals surface area contributed by atoms with Crippen molar-refractivity contribution in [2.24, 2.45) is 17.1 Å². The van der Waals surface area contributed by atoms with Gasteiger partial charge in [-0.05, 0) is 50.1 Å². The van der Waals surface area contributed by atoms with Crippen LogP contribution in [0.25, 0.3) is 0 Å². The van der Waals surface area contributed by atoms with E-state index in [0.29, 0.717) is 5.41 Å². The summed E-state index contributed by atoms with van der Waals surface area (Å²) in [5, 5.41) is 0. The van der Waals surface area contributed by atoms with Crippen LogP contribution >= 0.6 is 0 Å². The Morgan fingerprint density at radius 2 is 1.94 bits per heavy atom. The average Bonchev–Trinajstić information content (AvgIpc) is 2.30. The second-order valence-electron chi connectivity index (χ2n) is 6.25. The molecule has 1 saturated carbocycles.